The Morgan fingerprint density at radius 1 is 1.12 bits per heavy atom. The van der Waals surface area contributed by atoms with E-state index in [1.54, 1.807) is 12.1 Å². The Labute approximate surface area is 143 Å². The first-order valence-electron chi connectivity index (χ1n) is 9.02. The molecule has 2 aliphatic carbocycles. The summed E-state index contributed by atoms with van der Waals surface area (Å²) in [4.78, 5) is 24.9. The summed E-state index contributed by atoms with van der Waals surface area (Å²) in [6, 6.07) is 7.49. The summed E-state index contributed by atoms with van der Waals surface area (Å²) in [6.07, 6.45) is 8.06. The Hall–Kier alpha value is -1.88. The van der Waals surface area contributed by atoms with Crippen molar-refractivity contribution < 1.29 is 9.59 Å². The average Bonchev–Trinajstić information content (AvgIpc) is 3.40. The number of nitrogens with one attached hydrogen (secondary N) is 2. The van der Waals surface area contributed by atoms with Gasteiger partial charge in [-0.1, -0.05) is 31.4 Å². The number of benzene rings is 1. The number of hydrogen-bond donors (Lipinski definition) is 3. The molecule has 0 spiro atoms. The van der Waals surface area contributed by atoms with E-state index >= 15 is 0 Å². The number of carbonyl (C=O) groups is 2. The van der Waals surface area contributed by atoms with Crippen molar-refractivity contribution in [2.45, 2.75) is 57.4 Å². The van der Waals surface area contributed by atoms with E-state index < -0.39 is 0 Å². The van der Waals surface area contributed by atoms with E-state index in [-0.39, 0.29) is 17.2 Å². The molecule has 0 unspecified atom stereocenters. The lowest BCUT2D eigenvalue weighted by molar-refractivity contribution is -0.118. The van der Waals surface area contributed by atoms with Crippen molar-refractivity contribution in [2.75, 3.05) is 11.9 Å². The van der Waals surface area contributed by atoms with Gasteiger partial charge in [0.2, 0.25) is 5.91 Å². The summed E-state index contributed by atoms with van der Waals surface area (Å²) >= 11 is 0. The highest BCUT2D eigenvalue weighted by atomic mass is 16.2. The number of anilines is 1. The first kappa shape index (κ1) is 17.0. The second kappa shape index (κ2) is 7.34. The third kappa shape index (κ3) is 4.15. The second-order valence-electron chi connectivity index (χ2n) is 7.28. The molecule has 0 bridgehead atoms. The van der Waals surface area contributed by atoms with Crippen molar-refractivity contribution in [3.63, 3.8) is 0 Å². The number of amides is 2. The summed E-state index contributed by atoms with van der Waals surface area (Å²) in [7, 11) is 0. The van der Waals surface area contributed by atoms with Crippen LogP contribution in [-0.4, -0.2) is 24.4 Å². The molecule has 3 rings (SSSR count). The fourth-order valence-corrected chi connectivity index (χ4v) is 3.57. The molecule has 0 saturated heterocycles. The fraction of sp³-hybridized carbons (Fsp3) is 0.579. The molecular weight excluding hydrogens is 302 g/mol. The molecule has 2 amide bonds. The highest BCUT2D eigenvalue weighted by molar-refractivity contribution is 6.04. The number of nitrogens with two attached hydrogens (primary N) is 1. The minimum absolute atomic E-state index is 0.0472. The van der Waals surface area contributed by atoms with Crippen LogP contribution < -0.4 is 16.4 Å². The SMILES string of the molecule is NCC1(CC(=O)Nc2ccccc2C(=O)NC2CC2)CCCCC1. The van der Waals surface area contributed by atoms with Gasteiger partial charge in [0.15, 0.2) is 0 Å². The summed E-state index contributed by atoms with van der Waals surface area (Å²) in [6.45, 7) is 0.546. The van der Waals surface area contributed by atoms with Gasteiger partial charge < -0.3 is 16.4 Å². The first-order valence-corrected chi connectivity index (χ1v) is 9.02. The molecule has 0 radical (unpaired) electrons. The van der Waals surface area contributed by atoms with Crippen molar-refractivity contribution in [1.82, 2.24) is 5.32 Å². The first-order chi connectivity index (χ1) is 11.6. The molecule has 5 heteroatoms. The third-order valence-electron chi connectivity index (χ3n) is 5.24. The molecule has 4 N–H and O–H groups in total. The van der Waals surface area contributed by atoms with E-state index in [0.717, 1.165) is 38.5 Å². The standard InChI is InChI=1S/C19H27N3O2/c20-13-19(10-4-1-5-11-19)12-17(23)22-16-7-3-2-6-15(16)18(24)21-14-8-9-14/h2-3,6-7,14H,1,4-5,8-13,20H2,(H,21,24)(H,22,23). The normalized spacial score (nSPS) is 19.5. The zero-order valence-electron chi connectivity index (χ0n) is 14.1. The van der Waals surface area contributed by atoms with Crippen LogP contribution in [0.3, 0.4) is 0 Å². The van der Waals surface area contributed by atoms with Gasteiger partial charge in [-0.3, -0.25) is 9.59 Å². The molecule has 2 fully saturated rings. The van der Waals surface area contributed by atoms with Crippen LogP contribution in [-0.2, 0) is 4.79 Å². The molecular formula is C19H27N3O2. The van der Waals surface area contributed by atoms with E-state index in [1.165, 1.54) is 6.42 Å². The van der Waals surface area contributed by atoms with Gasteiger partial charge in [-0.2, -0.15) is 0 Å². The summed E-state index contributed by atoms with van der Waals surface area (Å²) in [5.74, 6) is -0.159. The molecule has 2 saturated carbocycles. The van der Waals surface area contributed by atoms with Gasteiger partial charge in [-0.25, -0.2) is 0 Å². The molecule has 24 heavy (non-hydrogen) atoms. The predicted octanol–water partition coefficient (Wildman–Crippen LogP) is 2.82. The summed E-state index contributed by atoms with van der Waals surface area (Å²) in [5.41, 5.74) is 7.02. The van der Waals surface area contributed by atoms with Crippen molar-refractivity contribution >= 4 is 17.5 Å². The molecule has 130 valence electrons. The van der Waals surface area contributed by atoms with Gasteiger partial charge >= 0.3 is 0 Å². The summed E-state index contributed by atoms with van der Waals surface area (Å²) in [5, 5.41) is 5.91. The van der Waals surface area contributed by atoms with Crippen molar-refractivity contribution in [1.29, 1.82) is 0 Å². The lowest BCUT2D eigenvalue weighted by Crippen LogP contribution is -2.36. The fourth-order valence-electron chi connectivity index (χ4n) is 3.57. The molecule has 1 aromatic carbocycles. The quantitative estimate of drug-likeness (QED) is 0.750. The predicted molar refractivity (Wildman–Crippen MR) is 94.7 cm³/mol. The Bertz CT molecular complexity index is 604. The van der Waals surface area contributed by atoms with Crippen molar-refractivity contribution in [3.8, 4) is 0 Å². The van der Waals surface area contributed by atoms with Crippen LogP contribution in [0.25, 0.3) is 0 Å². The number of hydrogen-bond acceptors (Lipinski definition) is 3. The van der Waals surface area contributed by atoms with E-state index in [2.05, 4.69) is 10.6 Å². The average molecular weight is 329 g/mol. The van der Waals surface area contributed by atoms with Crippen LogP contribution in [0, 0.1) is 5.41 Å². The van der Waals surface area contributed by atoms with E-state index in [9.17, 15) is 9.59 Å². The number of rotatable bonds is 6. The van der Waals surface area contributed by atoms with Gasteiger partial charge in [-0.05, 0) is 49.8 Å². The molecule has 0 aliphatic heterocycles. The Morgan fingerprint density at radius 3 is 2.50 bits per heavy atom. The summed E-state index contributed by atoms with van der Waals surface area (Å²) < 4.78 is 0. The zero-order valence-corrected chi connectivity index (χ0v) is 14.1. The Balaban J connectivity index is 1.66. The van der Waals surface area contributed by atoms with Crippen LogP contribution >= 0.6 is 0 Å². The Morgan fingerprint density at radius 2 is 1.83 bits per heavy atom. The maximum absolute atomic E-state index is 12.6. The van der Waals surface area contributed by atoms with Crippen LogP contribution in [0.2, 0.25) is 0 Å². The zero-order chi connectivity index (χ0) is 17.0. The molecule has 2 aliphatic rings. The molecule has 0 atom stereocenters. The minimum Gasteiger partial charge on any atom is -0.349 e. The number of carbonyl (C=O) groups excluding carboxylic acids is 2. The van der Waals surface area contributed by atoms with Gasteiger partial charge in [0, 0.05) is 12.5 Å². The van der Waals surface area contributed by atoms with Crippen molar-refractivity contribution in [3.05, 3.63) is 29.8 Å². The van der Waals surface area contributed by atoms with Gasteiger partial charge in [0.1, 0.15) is 0 Å². The lowest BCUT2D eigenvalue weighted by Gasteiger charge is -2.35. The highest BCUT2D eigenvalue weighted by Crippen LogP contribution is 2.38. The molecule has 0 heterocycles. The largest absolute Gasteiger partial charge is 0.349 e. The van der Waals surface area contributed by atoms with Crippen LogP contribution in [0.1, 0.15) is 61.7 Å². The van der Waals surface area contributed by atoms with Crippen LogP contribution in [0.4, 0.5) is 5.69 Å². The van der Waals surface area contributed by atoms with Crippen LogP contribution in [0.5, 0.6) is 0 Å². The lowest BCUT2D eigenvalue weighted by atomic mass is 9.71. The maximum atomic E-state index is 12.6. The van der Waals surface area contributed by atoms with Crippen LogP contribution in [0.15, 0.2) is 24.3 Å². The van der Waals surface area contributed by atoms with E-state index in [1.807, 2.05) is 12.1 Å². The van der Waals surface area contributed by atoms with Gasteiger partial charge in [0.05, 0.1) is 11.3 Å². The second-order valence-corrected chi connectivity index (χ2v) is 7.28. The Kier molecular flexibility index (Phi) is 5.19. The monoisotopic (exact) mass is 329 g/mol. The smallest absolute Gasteiger partial charge is 0.253 e. The number of para-hydroxylation sites is 1. The maximum Gasteiger partial charge on any atom is 0.253 e. The minimum atomic E-state index is -0.111. The van der Waals surface area contributed by atoms with Gasteiger partial charge in [0.25, 0.3) is 5.91 Å². The van der Waals surface area contributed by atoms with Crippen molar-refractivity contribution in [2.24, 2.45) is 11.1 Å². The van der Waals surface area contributed by atoms with E-state index in [4.69, 9.17) is 5.73 Å². The third-order valence-corrected chi connectivity index (χ3v) is 5.24. The molecule has 0 aromatic heterocycles. The van der Waals surface area contributed by atoms with Gasteiger partial charge in [-0.15, -0.1) is 0 Å². The highest BCUT2D eigenvalue weighted by Gasteiger charge is 2.33. The topological polar surface area (TPSA) is 84.2 Å². The molecule has 5 nitrogen and oxygen atoms in total. The molecule has 1 aromatic rings. The van der Waals surface area contributed by atoms with E-state index in [0.29, 0.717) is 30.3 Å².